The van der Waals surface area contributed by atoms with E-state index in [1.807, 2.05) is 0 Å². The van der Waals surface area contributed by atoms with Crippen LogP contribution in [-0.4, -0.2) is 28.9 Å². The van der Waals surface area contributed by atoms with E-state index in [1.54, 1.807) is 6.07 Å². The van der Waals surface area contributed by atoms with Crippen molar-refractivity contribution < 1.29 is 4.39 Å². The molecule has 18 heavy (non-hydrogen) atoms. The van der Waals surface area contributed by atoms with Gasteiger partial charge in [0, 0.05) is 13.1 Å². The molecular weight excluding hydrogens is 231 g/mol. The highest BCUT2D eigenvalue weighted by atomic mass is 19.1. The van der Waals surface area contributed by atoms with Crippen LogP contribution in [0.1, 0.15) is 31.4 Å². The van der Waals surface area contributed by atoms with Crippen LogP contribution < -0.4 is 5.73 Å². The van der Waals surface area contributed by atoms with Gasteiger partial charge in [-0.2, -0.15) is 0 Å². The summed E-state index contributed by atoms with van der Waals surface area (Å²) in [5.41, 5.74) is 6.70. The summed E-state index contributed by atoms with van der Waals surface area (Å²) in [6.45, 7) is 2.36. The summed E-state index contributed by atoms with van der Waals surface area (Å²) < 4.78 is 12.7. The Balaban J connectivity index is 1.93. The highest BCUT2D eigenvalue weighted by molar-refractivity contribution is 5.78. The first kappa shape index (κ1) is 12.8. The lowest BCUT2D eigenvalue weighted by Crippen LogP contribution is -2.38. The van der Waals surface area contributed by atoms with Gasteiger partial charge in [0.15, 0.2) is 5.96 Å². The van der Waals surface area contributed by atoms with Gasteiger partial charge in [-0.1, -0.05) is 12.8 Å². The van der Waals surface area contributed by atoms with Crippen LogP contribution in [-0.2, 0) is 6.54 Å². The van der Waals surface area contributed by atoms with Gasteiger partial charge in [0.05, 0.1) is 18.4 Å². The zero-order chi connectivity index (χ0) is 12.8. The summed E-state index contributed by atoms with van der Waals surface area (Å²) in [6, 6.07) is 3.02. The third-order valence-electron chi connectivity index (χ3n) is 3.12. The standard InChI is InChI=1S/C13H19FN4/c14-11-5-6-12(16-9-11)10-17-13(15)18-7-3-1-2-4-8-18/h5-6,9H,1-4,7-8,10H2,(H2,15,17). The molecule has 1 aliphatic rings. The van der Waals surface area contributed by atoms with Gasteiger partial charge in [-0.15, -0.1) is 0 Å². The molecule has 0 aliphatic carbocycles. The van der Waals surface area contributed by atoms with Crippen LogP contribution in [0.5, 0.6) is 0 Å². The van der Waals surface area contributed by atoms with Crippen LogP contribution >= 0.6 is 0 Å². The maximum atomic E-state index is 12.7. The van der Waals surface area contributed by atoms with E-state index in [0.717, 1.165) is 18.8 Å². The van der Waals surface area contributed by atoms with Crippen molar-refractivity contribution in [1.82, 2.24) is 9.88 Å². The maximum absolute atomic E-state index is 12.7. The average molecular weight is 250 g/mol. The van der Waals surface area contributed by atoms with Crippen molar-refractivity contribution in [3.8, 4) is 0 Å². The molecule has 1 aliphatic heterocycles. The number of likely N-dealkylation sites (tertiary alicyclic amines) is 1. The number of rotatable bonds is 2. The fraction of sp³-hybridized carbons (Fsp3) is 0.538. The minimum absolute atomic E-state index is 0.330. The Hall–Kier alpha value is -1.65. The molecule has 1 saturated heterocycles. The molecule has 1 aromatic rings. The van der Waals surface area contributed by atoms with Gasteiger partial charge in [0.2, 0.25) is 0 Å². The third kappa shape index (κ3) is 3.68. The third-order valence-corrected chi connectivity index (χ3v) is 3.12. The van der Waals surface area contributed by atoms with Crippen molar-refractivity contribution in [3.05, 3.63) is 29.8 Å². The van der Waals surface area contributed by atoms with E-state index in [-0.39, 0.29) is 5.82 Å². The smallest absolute Gasteiger partial charge is 0.191 e. The molecule has 0 unspecified atom stereocenters. The molecule has 0 radical (unpaired) electrons. The molecule has 0 atom stereocenters. The van der Waals surface area contributed by atoms with E-state index in [9.17, 15) is 4.39 Å². The van der Waals surface area contributed by atoms with Crippen LogP contribution in [0, 0.1) is 5.82 Å². The summed E-state index contributed by atoms with van der Waals surface area (Å²) in [5.74, 6) is 0.242. The first-order valence-electron chi connectivity index (χ1n) is 6.41. The molecule has 1 fully saturated rings. The van der Waals surface area contributed by atoms with Crippen molar-refractivity contribution >= 4 is 5.96 Å². The number of aliphatic imine (C=N–C) groups is 1. The fourth-order valence-electron chi connectivity index (χ4n) is 2.06. The van der Waals surface area contributed by atoms with Gasteiger partial charge in [-0.3, -0.25) is 4.98 Å². The number of pyridine rings is 1. The fourth-order valence-corrected chi connectivity index (χ4v) is 2.06. The summed E-state index contributed by atoms with van der Waals surface area (Å²) >= 11 is 0. The molecule has 98 valence electrons. The minimum atomic E-state index is -0.330. The second-order valence-electron chi connectivity index (χ2n) is 4.54. The Morgan fingerprint density at radius 2 is 2.00 bits per heavy atom. The number of hydrogen-bond donors (Lipinski definition) is 1. The van der Waals surface area contributed by atoms with Crippen molar-refractivity contribution in [2.75, 3.05) is 13.1 Å². The predicted octanol–water partition coefficient (Wildman–Crippen LogP) is 1.91. The zero-order valence-electron chi connectivity index (χ0n) is 10.5. The quantitative estimate of drug-likeness (QED) is 0.644. The molecule has 5 heteroatoms. The molecule has 4 nitrogen and oxygen atoms in total. The Bertz CT molecular complexity index is 394. The molecule has 0 amide bonds. The normalized spacial score (nSPS) is 17.6. The number of aromatic nitrogens is 1. The number of halogens is 1. The van der Waals surface area contributed by atoms with Crippen LogP contribution in [0.3, 0.4) is 0 Å². The van der Waals surface area contributed by atoms with Crippen LogP contribution in [0.2, 0.25) is 0 Å². The number of nitrogens with zero attached hydrogens (tertiary/aromatic N) is 3. The van der Waals surface area contributed by atoms with Gasteiger partial charge in [-0.25, -0.2) is 9.38 Å². The lowest BCUT2D eigenvalue weighted by Gasteiger charge is -2.20. The van der Waals surface area contributed by atoms with Gasteiger partial charge in [0.1, 0.15) is 5.82 Å². The van der Waals surface area contributed by atoms with E-state index in [0.29, 0.717) is 12.5 Å². The van der Waals surface area contributed by atoms with Gasteiger partial charge in [-0.05, 0) is 25.0 Å². The first-order chi connectivity index (χ1) is 8.75. The first-order valence-corrected chi connectivity index (χ1v) is 6.41. The Labute approximate surface area is 107 Å². The van der Waals surface area contributed by atoms with Gasteiger partial charge in [0.25, 0.3) is 0 Å². The van der Waals surface area contributed by atoms with E-state index >= 15 is 0 Å². The Kier molecular flexibility index (Phi) is 4.50. The van der Waals surface area contributed by atoms with Crippen molar-refractivity contribution in [2.24, 2.45) is 10.7 Å². The van der Waals surface area contributed by atoms with E-state index in [2.05, 4.69) is 14.9 Å². The van der Waals surface area contributed by atoms with Crippen molar-refractivity contribution in [2.45, 2.75) is 32.2 Å². The number of hydrogen-bond acceptors (Lipinski definition) is 2. The average Bonchev–Trinajstić information content (AvgIpc) is 2.66. The SMILES string of the molecule is NC(=NCc1ccc(F)cn1)N1CCCCCC1. The largest absolute Gasteiger partial charge is 0.370 e. The van der Waals surface area contributed by atoms with Crippen molar-refractivity contribution in [3.63, 3.8) is 0 Å². The topological polar surface area (TPSA) is 54.5 Å². The summed E-state index contributed by atoms with van der Waals surface area (Å²) in [5, 5.41) is 0. The van der Waals surface area contributed by atoms with E-state index in [1.165, 1.54) is 37.9 Å². The summed E-state index contributed by atoms with van der Waals surface area (Å²) in [4.78, 5) is 10.4. The van der Waals surface area contributed by atoms with Gasteiger partial charge >= 0.3 is 0 Å². The van der Waals surface area contributed by atoms with Crippen LogP contribution in [0.4, 0.5) is 4.39 Å². The second kappa shape index (κ2) is 6.33. The molecular formula is C13H19FN4. The minimum Gasteiger partial charge on any atom is -0.370 e. The number of nitrogens with two attached hydrogens (primary N) is 1. The Morgan fingerprint density at radius 1 is 1.28 bits per heavy atom. The lowest BCUT2D eigenvalue weighted by atomic mass is 10.2. The molecule has 2 rings (SSSR count). The summed E-state index contributed by atoms with van der Waals surface area (Å²) in [7, 11) is 0. The van der Waals surface area contributed by atoms with Crippen LogP contribution in [0.25, 0.3) is 0 Å². The molecule has 1 aromatic heterocycles. The second-order valence-corrected chi connectivity index (χ2v) is 4.54. The monoisotopic (exact) mass is 250 g/mol. The lowest BCUT2D eigenvalue weighted by molar-refractivity contribution is 0.428. The van der Waals surface area contributed by atoms with Gasteiger partial charge < -0.3 is 10.6 Å². The molecule has 2 heterocycles. The maximum Gasteiger partial charge on any atom is 0.191 e. The molecule has 0 saturated carbocycles. The van der Waals surface area contributed by atoms with E-state index < -0.39 is 0 Å². The molecule has 2 N–H and O–H groups in total. The predicted molar refractivity (Wildman–Crippen MR) is 69.6 cm³/mol. The van der Waals surface area contributed by atoms with Crippen LogP contribution in [0.15, 0.2) is 23.3 Å². The summed E-state index contributed by atoms with van der Waals surface area (Å²) in [6.07, 6.45) is 6.08. The molecule has 0 aromatic carbocycles. The van der Waals surface area contributed by atoms with E-state index in [4.69, 9.17) is 5.73 Å². The molecule has 0 spiro atoms. The van der Waals surface area contributed by atoms with Crippen molar-refractivity contribution in [1.29, 1.82) is 0 Å². The zero-order valence-corrected chi connectivity index (χ0v) is 10.5. The highest BCUT2D eigenvalue weighted by Gasteiger charge is 2.10. The Morgan fingerprint density at radius 3 is 2.61 bits per heavy atom. The highest BCUT2D eigenvalue weighted by Crippen LogP contribution is 2.09. The number of guanidine groups is 1. The molecule has 0 bridgehead atoms.